The Kier molecular flexibility index (Phi) is 9.87. The lowest BCUT2D eigenvalue weighted by Crippen LogP contribution is -2.47. The van der Waals surface area contributed by atoms with Gasteiger partial charge in [0.25, 0.3) is 5.91 Å². The minimum atomic E-state index is -0.933. The van der Waals surface area contributed by atoms with E-state index >= 15 is 0 Å². The number of carbonyl (C=O) groups excluding carboxylic acids is 1. The second-order valence-electron chi connectivity index (χ2n) is 13.3. The van der Waals surface area contributed by atoms with E-state index in [1.54, 1.807) is 0 Å². The number of rotatable bonds is 12. The number of benzene rings is 4. The second kappa shape index (κ2) is 14.8. The molecule has 0 aliphatic carbocycles. The van der Waals surface area contributed by atoms with E-state index in [0.29, 0.717) is 5.56 Å². The van der Waals surface area contributed by atoms with Crippen molar-refractivity contribution < 1.29 is 14.1 Å². The van der Waals surface area contributed by atoms with E-state index in [4.69, 9.17) is 11.2 Å². The van der Waals surface area contributed by atoms with Crippen molar-refractivity contribution in [2.24, 2.45) is 0 Å². The average molecular weight is 688 g/mol. The first-order chi connectivity index (χ1) is 25.5. The fraction of sp³-hybridized carbons (Fsp3) is 0.261. The molecule has 2 aliphatic heterocycles. The molecule has 6 heteroatoms. The van der Waals surface area contributed by atoms with Crippen LogP contribution in [0.5, 0.6) is 11.5 Å². The first kappa shape index (κ1) is 34.6. The Morgan fingerprint density at radius 3 is 1.85 bits per heavy atom. The maximum Gasteiger partial charge on any atom is 0.260 e. The topological polar surface area (TPSA) is 39.9 Å². The van der Waals surface area contributed by atoms with E-state index < -0.39 is 5.54 Å². The summed E-state index contributed by atoms with van der Waals surface area (Å²) in [7, 11) is 0. The second-order valence-corrected chi connectivity index (χ2v) is 13.3. The number of anilines is 3. The molecule has 0 saturated carbocycles. The van der Waals surface area contributed by atoms with Crippen LogP contribution >= 0.6 is 0 Å². The molecule has 1 amide bonds. The van der Waals surface area contributed by atoms with Crippen LogP contribution < -0.4 is 24.0 Å². The van der Waals surface area contributed by atoms with Crippen LogP contribution in [0.15, 0.2) is 109 Å². The van der Waals surface area contributed by atoms with E-state index in [9.17, 15) is 4.79 Å². The van der Waals surface area contributed by atoms with Crippen LogP contribution in [0.3, 0.4) is 0 Å². The molecule has 52 heavy (non-hydrogen) atoms. The quantitative estimate of drug-likeness (QED) is 0.0745. The Morgan fingerprint density at radius 2 is 1.29 bits per heavy atom. The van der Waals surface area contributed by atoms with Crippen LogP contribution in [0.4, 0.5) is 17.1 Å². The highest BCUT2D eigenvalue weighted by molar-refractivity contribution is 6.14. The number of unbranched alkanes of at least 4 members (excludes halogenated alkanes) is 1. The third kappa shape index (κ3) is 6.01. The van der Waals surface area contributed by atoms with Gasteiger partial charge in [-0.2, -0.15) is 0 Å². The molecule has 0 unspecified atom stereocenters. The number of hydrogen-bond acceptors (Lipinski definition) is 4. The van der Waals surface area contributed by atoms with E-state index in [1.165, 1.54) is 0 Å². The number of aryl methyl sites for hydroxylation is 1. The van der Waals surface area contributed by atoms with Crippen molar-refractivity contribution in [3.05, 3.63) is 143 Å². The van der Waals surface area contributed by atoms with Gasteiger partial charge in [0.1, 0.15) is 23.6 Å². The van der Waals surface area contributed by atoms with Gasteiger partial charge in [-0.1, -0.05) is 54.6 Å². The van der Waals surface area contributed by atoms with Crippen LogP contribution in [-0.4, -0.2) is 32.1 Å². The SMILES string of the molecule is C#CCCC[n+]1ccc(/C=C/c2ccc(N3C(=O)c4ccccc4C34c3ccc(N(CC)CC)cc3Oc3cc(N(CC)CC)ccc34)cc2)cc1. The van der Waals surface area contributed by atoms with Gasteiger partial charge in [0.2, 0.25) is 0 Å². The summed E-state index contributed by atoms with van der Waals surface area (Å²) >= 11 is 0. The molecule has 4 aromatic carbocycles. The largest absolute Gasteiger partial charge is 0.456 e. The summed E-state index contributed by atoms with van der Waals surface area (Å²) in [6, 6.07) is 33.6. The molecular weight excluding hydrogens is 641 g/mol. The number of ether oxygens (including phenoxy) is 1. The van der Waals surface area contributed by atoms with Gasteiger partial charge in [-0.05, 0) is 69.2 Å². The van der Waals surface area contributed by atoms with E-state index in [1.807, 2.05) is 23.1 Å². The Balaban J connectivity index is 1.34. The molecule has 0 N–H and O–H groups in total. The summed E-state index contributed by atoms with van der Waals surface area (Å²) in [5, 5.41) is 0. The zero-order chi connectivity index (χ0) is 36.2. The number of aromatic nitrogens is 1. The Morgan fingerprint density at radius 1 is 0.731 bits per heavy atom. The van der Waals surface area contributed by atoms with Gasteiger partial charge < -0.3 is 14.5 Å². The molecule has 0 fully saturated rings. The Bertz CT molecular complexity index is 2080. The summed E-state index contributed by atoms with van der Waals surface area (Å²) in [6.07, 6.45) is 15.6. The number of pyridine rings is 1. The maximum absolute atomic E-state index is 14.8. The smallest absolute Gasteiger partial charge is 0.260 e. The van der Waals surface area contributed by atoms with Gasteiger partial charge in [-0.3, -0.25) is 9.69 Å². The molecule has 0 radical (unpaired) electrons. The molecule has 0 saturated heterocycles. The van der Waals surface area contributed by atoms with Gasteiger partial charge in [0.15, 0.2) is 12.4 Å². The van der Waals surface area contributed by atoms with E-state index in [0.717, 1.165) is 102 Å². The molecule has 0 atom stereocenters. The first-order valence-electron chi connectivity index (χ1n) is 18.6. The normalized spacial score (nSPS) is 13.8. The fourth-order valence-corrected chi connectivity index (χ4v) is 7.86. The molecule has 0 bridgehead atoms. The lowest BCUT2D eigenvalue weighted by atomic mass is 9.74. The molecule has 5 aromatic rings. The van der Waals surface area contributed by atoms with Gasteiger partial charge >= 0.3 is 0 Å². The van der Waals surface area contributed by atoms with Crippen LogP contribution in [0.1, 0.15) is 78.7 Å². The number of fused-ring (bicyclic) bond motifs is 6. The average Bonchev–Trinajstić information content (AvgIpc) is 3.44. The maximum atomic E-state index is 14.8. The highest BCUT2D eigenvalue weighted by atomic mass is 16.5. The molecule has 1 spiro atoms. The van der Waals surface area contributed by atoms with Gasteiger partial charge in [-0.25, -0.2) is 4.57 Å². The van der Waals surface area contributed by atoms with Gasteiger partial charge in [-0.15, -0.1) is 12.3 Å². The summed E-state index contributed by atoms with van der Waals surface area (Å²) in [4.78, 5) is 21.4. The molecule has 2 aliphatic rings. The number of nitrogens with zero attached hydrogens (tertiary/aromatic N) is 4. The lowest BCUT2D eigenvalue weighted by molar-refractivity contribution is -0.697. The first-order valence-corrected chi connectivity index (χ1v) is 18.6. The van der Waals surface area contributed by atoms with Crippen molar-refractivity contribution in [3.8, 4) is 23.8 Å². The van der Waals surface area contributed by atoms with Crippen LogP contribution in [0.25, 0.3) is 12.2 Å². The number of amides is 1. The predicted octanol–water partition coefficient (Wildman–Crippen LogP) is 9.31. The van der Waals surface area contributed by atoms with E-state index in [2.05, 4.69) is 151 Å². The van der Waals surface area contributed by atoms with Crippen molar-refractivity contribution in [3.63, 3.8) is 0 Å². The van der Waals surface area contributed by atoms with Crippen molar-refractivity contribution in [2.75, 3.05) is 40.9 Å². The van der Waals surface area contributed by atoms with E-state index in [-0.39, 0.29) is 5.91 Å². The molecule has 262 valence electrons. The molecule has 6 nitrogen and oxygen atoms in total. The fourth-order valence-electron chi connectivity index (χ4n) is 7.86. The van der Waals surface area contributed by atoms with Gasteiger partial charge in [0, 0.05) is 103 Å². The number of hydrogen-bond donors (Lipinski definition) is 0. The highest BCUT2D eigenvalue weighted by Gasteiger charge is 2.57. The highest BCUT2D eigenvalue weighted by Crippen LogP contribution is 2.59. The minimum absolute atomic E-state index is 0.0295. The van der Waals surface area contributed by atoms with Crippen LogP contribution in [-0.2, 0) is 12.1 Å². The third-order valence-electron chi connectivity index (χ3n) is 10.5. The summed E-state index contributed by atoms with van der Waals surface area (Å²) in [5.74, 6) is 4.21. The Labute approximate surface area is 308 Å². The summed E-state index contributed by atoms with van der Waals surface area (Å²) in [5.41, 5.74) is 7.82. The lowest BCUT2D eigenvalue weighted by Gasteiger charge is -2.44. The monoisotopic (exact) mass is 687 g/mol. The van der Waals surface area contributed by atoms with Crippen molar-refractivity contribution in [1.29, 1.82) is 0 Å². The van der Waals surface area contributed by atoms with Crippen molar-refractivity contribution in [2.45, 2.75) is 52.6 Å². The minimum Gasteiger partial charge on any atom is -0.456 e. The molecule has 1 aromatic heterocycles. The van der Waals surface area contributed by atoms with Crippen molar-refractivity contribution in [1.82, 2.24) is 0 Å². The van der Waals surface area contributed by atoms with Crippen molar-refractivity contribution >= 4 is 35.1 Å². The standard InChI is InChI=1S/C46H47N4O2/c1-6-11-14-29-47-30-27-35(28-31-47)18-17-34-19-21-36(22-20-34)50-45(51)39-15-12-13-16-40(39)46(50)41-25-23-37(48(7-2)8-3)32-43(41)52-44-33-38(24-26-42(44)46)49(9-4)10-5/h1,12-13,15-28,30-33H,7-11,14,29H2,2-5H3/q+1. The number of carbonyl (C=O) groups is 1. The zero-order valence-electron chi connectivity index (χ0n) is 30.7. The molecule has 3 heterocycles. The molecule has 7 rings (SSSR count). The zero-order valence-corrected chi connectivity index (χ0v) is 30.7. The predicted molar refractivity (Wildman–Crippen MR) is 213 cm³/mol. The third-order valence-corrected chi connectivity index (χ3v) is 10.5. The summed E-state index contributed by atoms with van der Waals surface area (Å²) < 4.78 is 9.03. The summed E-state index contributed by atoms with van der Waals surface area (Å²) in [6.45, 7) is 13.1. The van der Waals surface area contributed by atoms with Gasteiger partial charge in [0.05, 0.1) is 0 Å². The van der Waals surface area contributed by atoms with Crippen LogP contribution in [0.2, 0.25) is 0 Å². The number of terminal acetylenes is 1. The molecular formula is C46H47N4O2+. The van der Waals surface area contributed by atoms with Crippen LogP contribution in [0, 0.1) is 12.3 Å². The Hall–Kier alpha value is -5.80.